The summed E-state index contributed by atoms with van der Waals surface area (Å²) in [6.07, 6.45) is 2.27. The lowest BCUT2D eigenvalue weighted by molar-refractivity contribution is 0.252. The van der Waals surface area contributed by atoms with Crippen LogP contribution in [0.15, 0.2) is 18.2 Å². The van der Waals surface area contributed by atoms with Gasteiger partial charge in [0.05, 0.1) is 0 Å². The average Bonchev–Trinajstić information content (AvgIpc) is 2.25. The predicted octanol–water partition coefficient (Wildman–Crippen LogP) is 3.32. The van der Waals surface area contributed by atoms with Crippen LogP contribution in [0.3, 0.4) is 0 Å². The highest BCUT2D eigenvalue weighted by Crippen LogP contribution is 2.28. The van der Waals surface area contributed by atoms with Gasteiger partial charge in [0.15, 0.2) is 0 Å². The number of phenolic OH excluding ortho intramolecular Hbond substituents is 1. The van der Waals surface area contributed by atoms with E-state index in [1.807, 2.05) is 14.0 Å². The third kappa shape index (κ3) is 3.20. The Balaban J connectivity index is 2.75. The van der Waals surface area contributed by atoms with Crippen LogP contribution in [0.2, 0.25) is 0 Å². The average molecular weight is 225 g/mol. The molecular formula is C13H20FNO. The van der Waals surface area contributed by atoms with Gasteiger partial charge in [-0.15, -0.1) is 0 Å². The standard InChI is InChI=1S/C13H20FNO/c1-4-5-8-15(3)10(2)12-7-6-11(14)9-13(12)16/h6-7,9-10,16H,4-5,8H2,1-3H3. The van der Waals surface area contributed by atoms with Gasteiger partial charge in [-0.1, -0.05) is 19.4 Å². The fourth-order valence-electron chi connectivity index (χ4n) is 1.71. The molecule has 0 heterocycles. The number of hydrogen-bond acceptors (Lipinski definition) is 2. The predicted molar refractivity (Wildman–Crippen MR) is 64.0 cm³/mol. The summed E-state index contributed by atoms with van der Waals surface area (Å²) in [6, 6.07) is 4.31. The van der Waals surface area contributed by atoms with Gasteiger partial charge < -0.3 is 5.11 Å². The molecule has 1 N–H and O–H groups in total. The number of unbranched alkanes of at least 4 members (excludes halogenated alkanes) is 1. The summed E-state index contributed by atoms with van der Waals surface area (Å²) in [5.41, 5.74) is 0.778. The van der Waals surface area contributed by atoms with Crippen LogP contribution in [0, 0.1) is 5.82 Å². The van der Waals surface area contributed by atoms with Crippen LogP contribution in [0.25, 0.3) is 0 Å². The van der Waals surface area contributed by atoms with Gasteiger partial charge in [0.1, 0.15) is 11.6 Å². The molecule has 0 aliphatic heterocycles. The van der Waals surface area contributed by atoms with E-state index in [1.165, 1.54) is 12.1 Å². The summed E-state index contributed by atoms with van der Waals surface area (Å²) < 4.78 is 12.8. The third-order valence-electron chi connectivity index (χ3n) is 2.97. The largest absolute Gasteiger partial charge is 0.508 e. The van der Waals surface area contributed by atoms with Gasteiger partial charge in [-0.3, -0.25) is 4.90 Å². The van der Waals surface area contributed by atoms with Gasteiger partial charge in [0, 0.05) is 17.7 Å². The molecule has 0 bridgehead atoms. The van der Waals surface area contributed by atoms with Crippen molar-refractivity contribution < 1.29 is 9.50 Å². The fourth-order valence-corrected chi connectivity index (χ4v) is 1.71. The number of phenols is 1. The number of rotatable bonds is 5. The van der Waals surface area contributed by atoms with Crippen LogP contribution in [-0.4, -0.2) is 23.6 Å². The highest BCUT2D eigenvalue weighted by Gasteiger charge is 2.15. The summed E-state index contributed by atoms with van der Waals surface area (Å²) in [7, 11) is 2.02. The molecule has 0 saturated heterocycles. The van der Waals surface area contributed by atoms with Gasteiger partial charge in [-0.2, -0.15) is 0 Å². The lowest BCUT2D eigenvalue weighted by atomic mass is 10.1. The summed E-state index contributed by atoms with van der Waals surface area (Å²) in [4.78, 5) is 2.16. The highest BCUT2D eigenvalue weighted by atomic mass is 19.1. The van der Waals surface area contributed by atoms with E-state index in [0.29, 0.717) is 0 Å². The molecule has 0 spiro atoms. The Kier molecular flexibility index (Phi) is 4.74. The van der Waals surface area contributed by atoms with E-state index in [9.17, 15) is 9.50 Å². The van der Waals surface area contributed by atoms with Crippen molar-refractivity contribution >= 4 is 0 Å². The number of halogens is 1. The highest BCUT2D eigenvalue weighted by molar-refractivity contribution is 5.34. The zero-order valence-corrected chi connectivity index (χ0v) is 10.2. The van der Waals surface area contributed by atoms with Crippen LogP contribution >= 0.6 is 0 Å². The molecule has 0 amide bonds. The van der Waals surface area contributed by atoms with Crippen molar-refractivity contribution in [2.24, 2.45) is 0 Å². The molecule has 0 aliphatic carbocycles. The molecule has 16 heavy (non-hydrogen) atoms. The lowest BCUT2D eigenvalue weighted by Crippen LogP contribution is -2.23. The number of aromatic hydroxyl groups is 1. The Hall–Kier alpha value is -1.09. The number of nitrogens with zero attached hydrogens (tertiary/aromatic N) is 1. The molecule has 1 aromatic carbocycles. The van der Waals surface area contributed by atoms with E-state index in [-0.39, 0.29) is 11.8 Å². The maximum absolute atomic E-state index is 12.8. The van der Waals surface area contributed by atoms with Gasteiger partial charge in [-0.25, -0.2) is 4.39 Å². The summed E-state index contributed by atoms with van der Waals surface area (Å²) in [5.74, 6) is -0.361. The number of hydrogen-bond donors (Lipinski definition) is 1. The first-order valence-corrected chi connectivity index (χ1v) is 5.75. The first-order valence-electron chi connectivity index (χ1n) is 5.75. The molecule has 1 rings (SSSR count). The Bertz CT molecular complexity index is 341. The molecule has 0 aliphatic rings. The maximum Gasteiger partial charge on any atom is 0.126 e. The van der Waals surface area contributed by atoms with Crippen molar-refractivity contribution in [3.05, 3.63) is 29.6 Å². The van der Waals surface area contributed by atoms with E-state index < -0.39 is 5.82 Å². The van der Waals surface area contributed by atoms with Crippen molar-refractivity contribution in [3.63, 3.8) is 0 Å². The normalized spacial score (nSPS) is 13.1. The minimum absolute atomic E-state index is 0.0378. The Labute approximate surface area is 96.7 Å². The van der Waals surface area contributed by atoms with Crippen molar-refractivity contribution in [2.75, 3.05) is 13.6 Å². The van der Waals surface area contributed by atoms with Crippen molar-refractivity contribution in [2.45, 2.75) is 32.7 Å². The van der Waals surface area contributed by atoms with E-state index in [1.54, 1.807) is 6.07 Å². The van der Waals surface area contributed by atoms with Crippen LogP contribution in [-0.2, 0) is 0 Å². The van der Waals surface area contributed by atoms with Crippen molar-refractivity contribution in [1.82, 2.24) is 4.90 Å². The minimum atomic E-state index is -0.398. The Morgan fingerprint density at radius 1 is 1.44 bits per heavy atom. The Morgan fingerprint density at radius 2 is 2.12 bits per heavy atom. The third-order valence-corrected chi connectivity index (χ3v) is 2.97. The molecule has 2 nitrogen and oxygen atoms in total. The summed E-state index contributed by atoms with van der Waals surface area (Å²) in [6.45, 7) is 5.14. The smallest absolute Gasteiger partial charge is 0.126 e. The second kappa shape index (κ2) is 5.85. The van der Waals surface area contributed by atoms with Crippen LogP contribution < -0.4 is 0 Å². The molecule has 3 heteroatoms. The first-order chi connectivity index (χ1) is 7.56. The monoisotopic (exact) mass is 225 g/mol. The number of benzene rings is 1. The van der Waals surface area contributed by atoms with Crippen molar-refractivity contribution in [3.8, 4) is 5.75 Å². The second-order valence-electron chi connectivity index (χ2n) is 4.21. The quantitative estimate of drug-likeness (QED) is 0.831. The Morgan fingerprint density at radius 3 is 2.69 bits per heavy atom. The van der Waals surface area contributed by atoms with E-state index in [2.05, 4.69) is 11.8 Å². The van der Waals surface area contributed by atoms with Gasteiger partial charge in [0.2, 0.25) is 0 Å². The zero-order chi connectivity index (χ0) is 12.1. The minimum Gasteiger partial charge on any atom is -0.508 e. The van der Waals surface area contributed by atoms with E-state index >= 15 is 0 Å². The van der Waals surface area contributed by atoms with Crippen molar-refractivity contribution in [1.29, 1.82) is 0 Å². The molecule has 1 unspecified atom stereocenters. The van der Waals surface area contributed by atoms with Crippen LogP contribution in [0.5, 0.6) is 5.75 Å². The van der Waals surface area contributed by atoms with Gasteiger partial charge >= 0.3 is 0 Å². The summed E-state index contributed by atoms with van der Waals surface area (Å²) in [5, 5.41) is 9.67. The second-order valence-corrected chi connectivity index (χ2v) is 4.21. The van der Waals surface area contributed by atoms with Gasteiger partial charge in [-0.05, 0) is 33.0 Å². The van der Waals surface area contributed by atoms with Crippen LogP contribution in [0.4, 0.5) is 4.39 Å². The molecule has 0 aromatic heterocycles. The lowest BCUT2D eigenvalue weighted by Gasteiger charge is -2.25. The topological polar surface area (TPSA) is 23.5 Å². The zero-order valence-electron chi connectivity index (χ0n) is 10.2. The molecule has 0 saturated carbocycles. The first kappa shape index (κ1) is 13.0. The fraction of sp³-hybridized carbons (Fsp3) is 0.538. The van der Waals surface area contributed by atoms with Gasteiger partial charge in [0.25, 0.3) is 0 Å². The van der Waals surface area contributed by atoms with E-state index in [0.717, 1.165) is 24.9 Å². The SMILES string of the molecule is CCCCN(C)C(C)c1ccc(F)cc1O. The van der Waals surface area contributed by atoms with E-state index in [4.69, 9.17) is 0 Å². The molecule has 90 valence electrons. The van der Waals surface area contributed by atoms with Crippen LogP contribution in [0.1, 0.15) is 38.3 Å². The molecule has 1 aromatic rings. The molecule has 1 atom stereocenters. The molecular weight excluding hydrogens is 205 g/mol. The molecule has 0 radical (unpaired) electrons. The maximum atomic E-state index is 12.8. The summed E-state index contributed by atoms with van der Waals surface area (Å²) >= 11 is 0. The molecule has 0 fully saturated rings.